The van der Waals surface area contributed by atoms with Crippen molar-refractivity contribution in [3.63, 3.8) is 0 Å². The Morgan fingerprint density at radius 3 is 1.44 bits per heavy atom. The zero-order valence-corrected chi connectivity index (χ0v) is 36.8. The lowest BCUT2D eigenvalue weighted by Gasteiger charge is -2.25. The highest BCUT2D eigenvalue weighted by molar-refractivity contribution is 5.76. The summed E-state index contributed by atoms with van der Waals surface area (Å²) in [5.41, 5.74) is 2.24. The fourth-order valence-corrected chi connectivity index (χ4v) is 8.59. The van der Waals surface area contributed by atoms with Gasteiger partial charge in [0.15, 0.2) is 0 Å². The number of carbonyl (C=O) groups is 3. The van der Waals surface area contributed by atoms with Crippen molar-refractivity contribution >= 4 is 18.0 Å². The normalized spacial score (nSPS) is 24.9. The molecule has 0 heterocycles. The molecule has 10 atom stereocenters. The molecule has 11 nitrogen and oxygen atoms in total. The van der Waals surface area contributed by atoms with Crippen LogP contribution in [0.1, 0.15) is 102 Å². The standard InChI is InChI=1S/C51H72N2O9/c1-3-52-49(58)25-17-7-5-15-23-41-43(33-31-39(54)29-27-37-19-11-9-12-20-37)47(35-45(41)56)61-51(60)62-48-36-46(57)42(24-16-6-8-18-26-50(59)53-4-2)44(48)34-32-40(55)30-28-38-21-13-10-14-22-38/h5-6,9-16,19-22,31-34,39-48,54-57H,3-4,7-8,17-18,23-30,35-36H2,1-2H3,(H,52,58)(H,53,59)/b15-5-,16-6-,33-31+,34-32+/t39-,40-,41+,42+,43+,44+,45+,46+,47+,48+/m0/s1. The molecule has 0 aliphatic heterocycles. The molecular formula is C51H72N2O9. The van der Waals surface area contributed by atoms with Crippen molar-refractivity contribution in [2.45, 2.75) is 140 Å². The summed E-state index contributed by atoms with van der Waals surface area (Å²) in [6.07, 6.45) is 17.4. The van der Waals surface area contributed by atoms with Gasteiger partial charge in [-0.3, -0.25) is 9.59 Å². The number of carbonyl (C=O) groups excluding carboxylic acids is 3. The van der Waals surface area contributed by atoms with E-state index < -0.39 is 54.6 Å². The van der Waals surface area contributed by atoms with E-state index in [1.165, 1.54) is 0 Å². The highest BCUT2D eigenvalue weighted by Crippen LogP contribution is 2.41. The summed E-state index contributed by atoms with van der Waals surface area (Å²) in [7, 11) is 0. The van der Waals surface area contributed by atoms with Crippen molar-refractivity contribution in [1.82, 2.24) is 10.6 Å². The maximum atomic E-state index is 13.7. The average Bonchev–Trinajstić information content (AvgIpc) is 3.72. The molecule has 2 amide bonds. The van der Waals surface area contributed by atoms with E-state index in [0.29, 0.717) is 90.1 Å². The van der Waals surface area contributed by atoms with Crippen LogP contribution in [0.2, 0.25) is 0 Å². The molecule has 0 radical (unpaired) electrons. The summed E-state index contributed by atoms with van der Waals surface area (Å²) < 4.78 is 12.0. The first-order chi connectivity index (χ1) is 30.1. The summed E-state index contributed by atoms with van der Waals surface area (Å²) >= 11 is 0. The Labute approximate surface area is 369 Å². The molecule has 340 valence electrons. The number of ether oxygens (including phenoxy) is 2. The molecule has 2 fully saturated rings. The van der Waals surface area contributed by atoms with Gasteiger partial charge in [-0.1, -0.05) is 109 Å². The van der Waals surface area contributed by atoms with Crippen LogP contribution in [0.25, 0.3) is 0 Å². The Balaban J connectivity index is 1.44. The van der Waals surface area contributed by atoms with E-state index in [1.54, 1.807) is 12.2 Å². The smallest absolute Gasteiger partial charge is 0.430 e. The van der Waals surface area contributed by atoms with E-state index in [4.69, 9.17) is 9.47 Å². The van der Waals surface area contributed by atoms with Gasteiger partial charge in [-0.15, -0.1) is 0 Å². The Morgan fingerprint density at radius 1 is 0.645 bits per heavy atom. The molecule has 2 saturated carbocycles. The minimum Gasteiger partial charge on any atom is -0.430 e. The molecule has 4 rings (SSSR count). The second-order valence-corrected chi connectivity index (χ2v) is 16.7. The Hall–Kier alpha value is -4.55. The average molecular weight is 857 g/mol. The lowest BCUT2D eigenvalue weighted by Crippen LogP contribution is -2.29. The summed E-state index contributed by atoms with van der Waals surface area (Å²) in [4.78, 5) is 37.4. The molecule has 2 aromatic carbocycles. The number of amides is 2. The number of hydrogen-bond acceptors (Lipinski definition) is 9. The molecule has 6 N–H and O–H groups in total. The Kier molecular flexibility index (Phi) is 22.8. The summed E-state index contributed by atoms with van der Waals surface area (Å²) in [6, 6.07) is 19.9. The molecular weight excluding hydrogens is 785 g/mol. The van der Waals surface area contributed by atoms with Crippen molar-refractivity contribution in [2.75, 3.05) is 13.1 Å². The molecule has 0 aromatic heterocycles. The van der Waals surface area contributed by atoms with Crippen LogP contribution >= 0.6 is 0 Å². The maximum Gasteiger partial charge on any atom is 0.508 e. The number of rotatable bonds is 26. The third-order valence-electron chi connectivity index (χ3n) is 12.0. The van der Waals surface area contributed by atoms with Crippen LogP contribution < -0.4 is 10.6 Å². The van der Waals surface area contributed by atoms with Crippen LogP contribution in [0.15, 0.2) is 109 Å². The number of aliphatic hydroxyl groups excluding tert-OH is 4. The van der Waals surface area contributed by atoms with Gasteiger partial charge in [-0.2, -0.15) is 0 Å². The molecule has 0 bridgehead atoms. The first kappa shape index (κ1) is 50.1. The van der Waals surface area contributed by atoms with E-state index >= 15 is 0 Å². The molecule has 0 spiro atoms. The Bertz CT molecular complexity index is 1590. The fourth-order valence-electron chi connectivity index (χ4n) is 8.59. The summed E-state index contributed by atoms with van der Waals surface area (Å²) in [5.74, 6) is -1.34. The number of allylic oxidation sites excluding steroid dienone is 4. The van der Waals surface area contributed by atoms with Crippen LogP contribution in [0.3, 0.4) is 0 Å². The highest BCUT2D eigenvalue weighted by atomic mass is 16.7. The second kappa shape index (κ2) is 28.2. The third-order valence-corrected chi connectivity index (χ3v) is 12.0. The van der Waals surface area contributed by atoms with Gasteiger partial charge in [0, 0.05) is 50.6 Å². The van der Waals surface area contributed by atoms with Gasteiger partial charge in [0.2, 0.25) is 11.8 Å². The quantitative estimate of drug-likeness (QED) is 0.0319. The largest absolute Gasteiger partial charge is 0.508 e. The van der Waals surface area contributed by atoms with E-state index in [1.807, 2.05) is 111 Å². The van der Waals surface area contributed by atoms with Crippen LogP contribution in [-0.4, -0.2) is 88.1 Å². The molecule has 2 aliphatic rings. The van der Waals surface area contributed by atoms with Crippen molar-refractivity contribution in [3.05, 3.63) is 120 Å². The van der Waals surface area contributed by atoms with Gasteiger partial charge in [-0.05, 0) is 101 Å². The molecule has 11 heteroatoms. The number of hydrogen-bond donors (Lipinski definition) is 6. The second-order valence-electron chi connectivity index (χ2n) is 16.7. The first-order valence-electron chi connectivity index (χ1n) is 22.9. The van der Waals surface area contributed by atoms with E-state index in [9.17, 15) is 34.8 Å². The van der Waals surface area contributed by atoms with Gasteiger partial charge in [-0.25, -0.2) is 4.79 Å². The van der Waals surface area contributed by atoms with Gasteiger partial charge < -0.3 is 40.5 Å². The number of benzene rings is 2. The van der Waals surface area contributed by atoms with E-state index in [-0.39, 0.29) is 36.5 Å². The van der Waals surface area contributed by atoms with Gasteiger partial charge in [0.05, 0.1) is 24.4 Å². The predicted octanol–water partition coefficient (Wildman–Crippen LogP) is 7.48. The summed E-state index contributed by atoms with van der Waals surface area (Å²) in [5, 5.41) is 50.1. The minimum absolute atomic E-state index is 0.0227. The minimum atomic E-state index is -0.895. The van der Waals surface area contributed by atoms with Crippen molar-refractivity contribution < 1.29 is 44.3 Å². The van der Waals surface area contributed by atoms with Gasteiger partial charge >= 0.3 is 6.16 Å². The lowest BCUT2D eigenvalue weighted by molar-refractivity contribution is -0.121. The molecule has 2 aromatic rings. The maximum absolute atomic E-state index is 13.7. The number of aliphatic hydroxyl groups is 4. The molecule has 62 heavy (non-hydrogen) atoms. The van der Waals surface area contributed by atoms with Crippen LogP contribution in [0, 0.1) is 23.7 Å². The van der Waals surface area contributed by atoms with Crippen molar-refractivity contribution in [1.29, 1.82) is 0 Å². The number of unbranched alkanes of at least 4 members (excludes halogenated alkanes) is 2. The van der Waals surface area contributed by atoms with Crippen LogP contribution in [-0.2, 0) is 31.9 Å². The van der Waals surface area contributed by atoms with Gasteiger partial charge in [0.1, 0.15) is 12.2 Å². The van der Waals surface area contributed by atoms with E-state index in [0.717, 1.165) is 11.1 Å². The number of nitrogens with one attached hydrogen (secondary N) is 2. The predicted molar refractivity (Wildman–Crippen MR) is 243 cm³/mol. The fraction of sp³-hybridized carbons (Fsp3) is 0.549. The number of aryl methyl sites for hydroxylation is 2. The Morgan fingerprint density at radius 2 is 1.05 bits per heavy atom. The summed E-state index contributed by atoms with van der Waals surface area (Å²) in [6.45, 7) is 4.98. The van der Waals surface area contributed by atoms with Crippen molar-refractivity contribution in [3.8, 4) is 0 Å². The molecule has 0 unspecified atom stereocenters. The van der Waals surface area contributed by atoms with Crippen LogP contribution in [0.4, 0.5) is 4.79 Å². The topological polar surface area (TPSA) is 175 Å². The zero-order chi connectivity index (χ0) is 44.5. The third kappa shape index (κ3) is 18.0. The lowest BCUT2D eigenvalue weighted by atomic mass is 9.89. The zero-order valence-electron chi connectivity index (χ0n) is 36.8. The van der Waals surface area contributed by atoms with E-state index in [2.05, 4.69) is 10.6 Å². The SMILES string of the molecule is CCNC(=O)CCC/C=C\C[C@@H]1[C@@H](/C=C/[C@@H](O)CCc2ccccc2)[C@H](OC(=O)O[C@@H]2C[C@@H](O)[C@H](C/C=C\CCCC(=O)NCC)[C@H]2/C=C/[C@@H](O)CCc2ccccc2)C[C@H]1O. The molecule has 0 saturated heterocycles. The van der Waals surface area contributed by atoms with Crippen molar-refractivity contribution in [2.24, 2.45) is 23.7 Å². The van der Waals surface area contributed by atoms with Crippen LogP contribution in [0.5, 0.6) is 0 Å². The first-order valence-corrected chi connectivity index (χ1v) is 22.9. The molecule has 2 aliphatic carbocycles. The highest BCUT2D eigenvalue weighted by Gasteiger charge is 2.46. The monoisotopic (exact) mass is 857 g/mol. The van der Waals surface area contributed by atoms with Gasteiger partial charge in [0.25, 0.3) is 0 Å².